The van der Waals surface area contributed by atoms with Gasteiger partial charge in [0.1, 0.15) is 0 Å². The highest BCUT2D eigenvalue weighted by Crippen LogP contribution is 2.50. The number of thiophene rings is 1. The summed E-state index contributed by atoms with van der Waals surface area (Å²) in [6, 6.07) is 4.38. The summed E-state index contributed by atoms with van der Waals surface area (Å²) < 4.78 is 6.02. The van der Waals surface area contributed by atoms with Crippen LogP contribution >= 0.6 is 11.3 Å². The van der Waals surface area contributed by atoms with Crippen LogP contribution in [0.1, 0.15) is 54.2 Å². The van der Waals surface area contributed by atoms with Crippen molar-refractivity contribution >= 4 is 17.2 Å². The summed E-state index contributed by atoms with van der Waals surface area (Å²) in [5.74, 6) is 1.77. The largest absolute Gasteiger partial charge is 0.374 e. The third-order valence-corrected chi connectivity index (χ3v) is 6.95. The highest BCUT2D eigenvalue weighted by molar-refractivity contribution is 7.12. The molecule has 2 saturated carbocycles. The van der Waals surface area contributed by atoms with Crippen LogP contribution in [0.4, 0.5) is 0 Å². The quantitative estimate of drug-likeness (QED) is 0.838. The summed E-state index contributed by atoms with van der Waals surface area (Å²) in [6.45, 7) is 4.48. The van der Waals surface area contributed by atoms with Gasteiger partial charge in [0.15, 0.2) is 0 Å². The first-order chi connectivity index (χ1) is 11.2. The molecular weight excluding hydrogens is 306 g/mol. The molecule has 0 N–H and O–H groups in total. The van der Waals surface area contributed by atoms with Gasteiger partial charge in [-0.15, -0.1) is 11.3 Å². The van der Waals surface area contributed by atoms with Crippen LogP contribution in [-0.2, 0) is 9.53 Å². The molecular formula is C19H27NO2S. The zero-order valence-electron chi connectivity index (χ0n) is 14.0. The van der Waals surface area contributed by atoms with Gasteiger partial charge < -0.3 is 9.64 Å². The maximum atomic E-state index is 12.9. The van der Waals surface area contributed by atoms with Gasteiger partial charge >= 0.3 is 0 Å². The highest BCUT2D eigenvalue weighted by atomic mass is 32.1. The number of carbonyl (C=O) groups excluding carboxylic acids is 1. The summed E-state index contributed by atoms with van der Waals surface area (Å²) >= 11 is 1.85. The zero-order chi connectivity index (χ0) is 15.8. The summed E-state index contributed by atoms with van der Waals surface area (Å²) in [5.41, 5.74) is 0. The van der Waals surface area contributed by atoms with E-state index in [-0.39, 0.29) is 12.0 Å². The second-order valence-electron chi connectivity index (χ2n) is 7.49. The van der Waals surface area contributed by atoms with Crippen molar-refractivity contribution in [1.82, 2.24) is 4.90 Å². The van der Waals surface area contributed by atoms with E-state index >= 15 is 0 Å². The Morgan fingerprint density at radius 1 is 1.26 bits per heavy atom. The van der Waals surface area contributed by atoms with Crippen molar-refractivity contribution in [1.29, 1.82) is 0 Å². The molecule has 3 nitrogen and oxygen atoms in total. The van der Waals surface area contributed by atoms with E-state index in [9.17, 15) is 4.79 Å². The second kappa shape index (κ2) is 6.56. The smallest absolute Gasteiger partial charge is 0.226 e. The monoisotopic (exact) mass is 333 g/mol. The van der Waals surface area contributed by atoms with Gasteiger partial charge in [-0.3, -0.25) is 4.79 Å². The van der Waals surface area contributed by atoms with Crippen molar-refractivity contribution < 1.29 is 9.53 Å². The fourth-order valence-corrected chi connectivity index (χ4v) is 5.39. The lowest BCUT2D eigenvalue weighted by Crippen LogP contribution is -2.49. The average Bonchev–Trinajstić information content (AvgIpc) is 3.29. The van der Waals surface area contributed by atoms with Gasteiger partial charge in [-0.25, -0.2) is 0 Å². The molecule has 0 unspecified atom stereocenters. The van der Waals surface area contributed by atoms with E-state index in [2.05, 4.69) is 24.0 Å². The molecule has 3 aliphatic rings. The van der Waals surface area contributed by atoms with Crippen molar-refractivity contribution in [3.8, 4) is 0 Å². The molecule has 1 amide bonds. The number of morpholine rings is 1. The van der Waals surface area contributed by atoms with Gasteiger partial charge in [0.2, 0.25) is 5.91 Å². The van der Waals surface area contributed by atoms with Crippen LogP contribution in [-0.4, -0.2) is 36.6 Å². The van der Waals surface area contributed by atoms with Crippen LogP contribution < -0.4 is 0 Å². The Morgan fingerprint density at radius 2 is 2.09 bits per heavy atom. The minimum absolute atomic E-state index is 0.234. The molecule has 4 rings (SSSR count). The normalized spacial score (nSPS) is 32.0. The van der Waals surface area contributed by atoms with Gasteiger partial charge in [-0.2, -0.15) is 0 Å². The zero-order valence-corrected chi connectivity index (χ0v) is 14.8. The number of ether oxygens (including phenoxy) is 1. The molecule has 0 aromatic carbocycles. The minimum atomic E-state index is 0.234. The lowest BCUT2D eigenvalue weighted by molar-refractivity contribution is -0.143. The summed E-state index contributed by atoms with van der Waals surface area (Å²) in [5, 5.41) is 0. The molecule has 0 radical (unpaired) electrons. The van der Waals surface area contributed by atoms with Gasteiger partial charge in [-0.1, -0.05) is 19.3 Å². The molecule has 0 spiro atoms. The Bertz CT molecular complexity index is 563. The number of amides is 1. The van der Waals surface area contributed by atoms with Gasteiger partial charge in [0.25, 0.3) is 0 Å². The number of carbonyl (C=O) groups is 1. The van der Waals surface area contributed by atoms with E-state index in [1.807, 2.05) is 11.3 Å². The van der Waals surface area contributed by atoms with Gasteiger partial charge in [0, 0.05) is 34.7 Å². The number of hydrogen-bond donors (Lipinski definition) is 0. The van der Waals surface area contributed by atoms with Crippen LogP contribution in [0, 0.1) is 18.8 Å². The number of hydrogen-bond acceptors (Lipinski definition) is 3. The number of rotatable bonds is 3. The molecule has 3 atom stereocenters. The predicted molar refractivity (Wildman–Crippen MR) is 92.8 cm³/mol. The van der Waals surface area contributed by atoms with Crippen LogP contribution in [0.3, 0.4) is 0 Å². The van der Waals surface area contributed by atoms with Crippen LogP contribution in [0.25, 0.3) is 0 Å². The molecule has 0 bridgehead atoms. The number of aryl methyl sites for hydroxylation is 1. The first-order valence-electron chi connectivity index (χ1n) is 9.19. The molecule has 2 aliphatic carbocycles. The fourth-order valence-electron chi connectivity index (χ4n) is 4.34. The van der Waals surface area contributed by atoms with E-state index in [0.29, 0.717) is 17.7 Å². The summed E-state index contributed by atoms with van der Waals surface area (Å²) in [7, 11) is 0. The first kappa shape index (κ1) is 15.6. The Labute approximate surface area is 143 Å². The van der Waals surface area contributed by atoms with E-state index in [4.69, 9.17) is 4.74 Å². The topological polar surface area (TPSA) is 29.5 Å². The van der Waals surface area contributed by atoms with E-state index in [1.54, 1.807) is 0 Å². The molecule has 23 heavy (non-hydrogen) atoms. The molecule has 4 heteroatoms. The van der Waals surface area contributed by atoms with Crippen molar-refractivity contribution in [3.63, 3.8) is 0 Å². The Kier molecular flexibility index (Phi) is 4.46. The number of nitrogens with zero attached hydrogens (tertiary/aromatic N) is 1. The van der Waals surface area contributed by atoms with Crippen molar-refractivity contribution in [2.24, 2.45) is 11.8 Å². The van der Waals surface area contributed by atoms with E-state index in [0.717, 1.165) is 26.1 Å². The van der Waals surface area contributed by atoms with Gasteiger partial charge in [-0.05, 0) is 44.2 Å². The lowest BCUT2D eigenvalue weighted by atomic mass is 9.84. The molecule has 126 valence electrons. The lowest BCUT2D eigenvalue weighted by Gasteiger charge is -2.38. The third kappa shape index (κ3) is 3.34. The maximum absolute atomic E-state index is 12.9. The Hall–Kier alpha value is -0.870. The SMILES string of the molecule is Cc1ccc([C@@H]2C[C@@H]2C(=O)N2CCO[C@H](C3CCCCC3)C2)s1. The summed E-state index contributed by atoms with van der Waals surface area (Å²) in [6.07, 6.45) is 7.94. The highest BCUT2D eigenvalue weighted by Gasteiger charge is 2.47. The Morgan fingerprint density at radius 3 is 2.83 bits per heavy atom. The summed E-state index contributed by atoms with van der Waals surface area (Å²) in [4.78, 5) is 17.7. The van der Waals surface area contributed by atoms with E-state index < -0.39 is 0 Å². The van der Waals surface area contributed by atoms with Crippen molar-refractivity contribution in [3.05, 3.63) is 21.9 Å². The third-order valence-electron chi connectivity index (χ3n) is 5.81. The molecule has 3 fully saturated rings. The predicted octanol–water partition coefficient (Wildman–Crippen LogP) is 3.97. The van der Waals surface area contributed by atoms with Crippen LogP contribution in [0.15, 0.2) is 12.1 Å². The molecule has 1 aromatic heterocycles. The van der Waals surface area contributed by atoms with E-state index in [1.165, 1.54) is 41.9 Å². The minimum Gasteiger partial charge on any atom is -0.374 e. The maximum Gasteiger partial charge on any atom is 0.226 e. The average molecular weight is 333 g/mol. The fraction of sp³-hybridized carbons (Fsp3) is 0.737. The van der Waals surface area contributed by atoms with Crippen LogP contribution in [0.2, 0.25) is 0 Å². The second-order valence-corrected chi connectivity index (χ2v) is 8.81. The Balaban J connectivity index is 1.35. The van der Waals surface area contributed by atoms with Crippen molar-refractivity contribution in [2.75, 3.05) is 19.7 Å². The van der Waals surface area contributed by atoms with Crippen molar-refractivity contribution in [2.45, 2.75) is 57.5 Å². The first-order valence-corrected chi connectivity index (χ1v) is 10.0. The molecule has 2 heterocycles. The van der Waals surface area contributed by atoms with Gasteiger partial charge in [0.05, 0.1) is 12.7 Å². The van der Waals surface area contributed by atoms with Crippen LogP contribution in [0.5, 0.6) is 0 Å². The standard InChI is InChI=1S/C19H27NO2S/c1-13-7-8-18(23-13)15-11-16(15)19(21)20-9-10-22-17(12-20)14-5-3-2-4-6-14/h7-8,14-17H,2-6,9-12H2,1H3/t15-,16+,17+/m1/s1. The molecule has 1 aromatic rings. The molecule has 1 aliphatic heterocycles. The molecule has 1 saturated heterocycles.